The summed E-state index contributed by atoms with van der Waals surface area (Å²) >= 11 is 5.39. The molecule has 1 heterocycles. The van der Waals surface area contributed by atoms with Crippen molar-refractivity contribution in [1.82, 2.24) is 20.3 Å². The number of carbonyl (C=O) groups excluding carboxylic acids is 1. The number of halogens is 1. The van der Waals surface area contributed by atoms with E-state index >= 15 is 0 Å². The minimum Gasteiger partial charge on any atom is -0.354 e. The number of amides is 1. The minimum atomic E-state index is -0.0323. The summed E-state index contributed by atoms with van der Waals surface area (Å²) in [5.41, 5.74) is 0. The maximum Gasteiger partial charge on any atom is 0.221 e. The predicted molar refractivity (Wildman–Crippen MR) is 48.4 cm³/mol. The standard InChI is InChI=1S/C7H11ClN4O/c8-2-1-7(13)9-3-5-12-6-4-10-11-12/h4,6H,1-3,5H2,(H,9,13). The van der Waals surface area contributed by atoms with Crippen LogP contribution in [-0.4, -0.2) is 33.3 Å². The van der Waals surface area contributed by atoms with Gasteiger partial charge in [-0.15, -0.1) is 16.7 Å². The fourth-order valence-electron chi connectivity index (χ4n) is 0.836. The fraction of sp³-hybridized carbons (Fsp3) is 0.571. The lowest BCUT2D eigenvalue weighted by atomic mass is 10.4. The number of nitrogens with one attached hydrogen (secondary N) is 1. The molecule has 0 aliphatic carbocycles. The monoisotopic (exact) mass is 202 g/mol. The quantitative estimate of drug-likeness (QED) is 0.685. The van der Waals surface area contributed by atoms with E-state index in [2.05, 4.69) is 15.6 Å². The van der Waals surface area contributed by atoms with Gasteiger partial charge < -0.3 is 5.32 Å². The summed E-state index contributed by atoms with van der Waals surface area (Å²) in [7, 11) is 0. The van der Waals surface area contributed by atoms with Gasteiger partial charge in [0.05, 0.1) is 12.7 Å². The van der Waals surface area contributed by atoms with Crippen molar-refractivity contribution < 1.29 is 4.79 Å². The van der Waals surface area contributed by atoms with Crippen LogP contribution in [0.2, 0.25) is 0 Å². The van der Waals surface area contributed by atoms with Gasteiger partial charge in [-0.2, -0.15) is 0 Å². The van der Waals surface area contributed by atoms with Crippen LogP contribution in [0.4, 0.5) is 0 Å². The molecule has 0 radical (unpaired) electrons. The van der Waals surface area contributed by atoms with E-state index < -0.39 is 0 Å². The molecule has 0 unspecified atom stereocenters. The molecule has 6 heteroatoms. The van der Waals surface area contributed by atoms with Gasteiger partial charge in [-0.05, 0) is 0 Å². The van der Waals surface area contributed by atoms with E-state index in [1.54, 1.807) is 17.1 Å². The molecule has 0 fully saturated rings. The van der Waals surface area contributed by atoms with Crippen LogP contribution in [0.15, 0.2) is 12.4 Å². The zero-order valence-corrected chi connectivity index (χ0v) is 7.87. The molecule has 1 rings (SSSR count). The molecule has 0 spiro atoms. The van der Waals surface area contributed by atoms with Gasteiger partial charge in [-0.3, -0.25) is 9.48 Å². The van der Waals surface area contributed by atoms with Gasteiger partial charge in [0, 0.05) is 25.0 Å². The Morgan fingerprint density at radius 2 is 2.46 bits per heavy atom. The van der Waals surface area contributed by atoms with Crippen LogP contribution >= 0.6 is 11.6 Å². The van der Waals surface area contributed by atoms with E-state index in [0.29, 0.717) is 25.4 Å². The number of nitrogens with zero attached hydrogens (tertiary/aromatic N) is 3. The summed E-state index contributed by atoms with van der Waals surface area (Å²) in [5, 5.41) is 10.1. The van der Waals surface area contributed by atoms with Crippen molar-refractivity contribution in [3.8, 4) is 0 Å². The molecule has 72 valence electrons. The molecule has 0 atom stereocenters. The summed E-state index contributed by atoms with van der Waals surface area (Å²) in [5.74, 6) is 0.324. The summed E-state index contributed by atoms with van der Waals surface area (Å²) in [4.78, 5) is 10.9. The first-order valence-corrected chi connectivity index (χ1v) is 4.53. The summed E-state index contributed by atoms with van der Waals surface area (Å²) in [6, 6.07) is 0. The largest absolute Gasteiger partial charge is 0.354 e. The van der Waals surface area contributed by atoms with Crippen LogP contribution in [0.1, 0.15) is 6.42 Å². The summed E-state index contributed by atoms with van der Waals surface area (Å²) < 4.78 is 1.65. The van der Waals surface area contributed by atoms with Gasteiger partial charge in [0.2, 0.25) is 5.91 Å². The normalized spacial score (nSPS) is 9.92. The molecule has 0 bridgehead atoms. The maximum absolute atomic E-state index is 10.9. The molecular formula is C7H11ClN4O. The molecule has 0 aliphatic heterocycles. The SMILES string of the molecule is O=C(CCCl)NCCn1ccnn1. The summed E-state index contributed by atoms with van der Waals surface area (Å²) in [6.45, 7) is 1.19. The molecule has 1 aromatic rings. The Balaban J connectivity index is 2.11. The molecule has 0 aromatic carbocycles. The van der Waals surface area contributed by atoms with Crippen molar-refractivity contribution in [3.05, 3.63) is 12.4 Å². The Morgan fingerprint density at radius 1 is 1.62 bits per heavy atom. The van der Waals surface area contributed by atoms with Gasteiger partial charge in [-0.25, -0.2) is 0 Å². The number of aromatic nitrogens is 3. The first kappa shape index (κ1) is 9.98. The van der Waals surface area contributed by atoms with Gasteiger partial charge in [0.15, 0.2) is 0 Å². The highest BCUT2D eigenvalue weighted by atomic mass is 35.5. The zero-order chi connectivity index (χ0) is 9.52. The van der Waals surface area contributed by atoms with Crippen LogP contribution in [-0.2, 0) is 11.3 Å². The van der Waals surface area contributed by atoms with Crippen molar-refractivity contribution >= 4 is 17.5 Å². The molecule has 1 N–H and O–H groups in total. The number of rotatable bonds is 5. The van der Waals surface area contributed by atoms with Gasteiger partial charge in [-0.1, -0.05) is 5.21 Å². The third-order valence-corrected chi connectivity index (χ3v) is 1.65. The topological polar surface area (TPSA) is 59.8 Å². The second-order valence-corrected chi connectivity index (χ2v) is 2.83. The van der Waals surface area contributed by atoms with Gasteiger partial charge in [0.25, 0.3) is 0 Å². The second kappa shape index (κ2) is 5.53. The highest BCUT2D eigenvalue weighted by molar-refractivity contribution is 6.18. The molecule has 0 aliphatic rings. The molecule has 5 nitrogen and oxygen atoms in total. The molecule has 1 amide bonds. The highest BCUT2D eigenvalue weighted by Gasteiger charge is 1.98. The predicted octanol–water partition coefficient (Wildman–Crippen LogP) is 0.0232. The van der Waals surface area contributed by atoms with Crippen molar-refractivity contribution in [1.29, 1.82) is 0 Å². The van der Waals surface area contributed by atoms with Crippen molar-refractivity contribution in [2.75, 3.05) is 12.4 Å². The summed E-state index contributed by atoms with van der Waals surface area (Å²) in [6.07, 6.45) is 3.70. The minimum absolute atomic E-state index is 0.0323. The number of hydrogen-bond donors (Lipinski definition) is 1. The third kappa shape index (κ3) is 3.89. The van der Waals surface area contributed by atoms with Crippen LogP contribution < -0.4 is 5.32 Å². The maximum atomic E-state index is 10.9. The average Bonchev–Trinajstić information content (AvgIpc) is 2.57. The number of hydrogen-bond acceptors (Lipinski definition) is 3. The second-order valence-electron chi connectivity index (χ2n) is 2.46. The van der Waals surface area contributed by atoms with Crippen LogP contribution in [0, 0.1) is 0 Å². The van der Waals surface area contributed by atoms with Crippen molar-refractivity contribution in [2.45, 2.75) is 13.0 Å². The fourth-order valence-corrected chi connectivity index (χ4v) is 1.01. The van der Waals surface area contributed by atoms with Crippen molar-refractivity contribution in [3.63, 3.8) is 0 Å². The number of alkyl halides is 1. The van der Waals surface area contributed by atoms with E-state index in [0.717, 1.165) is 0 Å². The number of carbonyl (C=O) groups is 1. The van der Waals surface area contributed by atoms with E-state index in [1.807, 2.05) is 0 Å². The lowest BCUT2D eigenvalue weighted by Gasteiger charge is -2.02. The molecular weight excluding hydrogens is 192 g/mol. The smallest absolute Gasteiger partial charge is 0.221 e. The van der Waals surface area contributed by atoms with Crippen LogP contribution in [0.25, 0.3) is 0 Å². The Labute approximate surface area is 81.1 Å². The van der Waals surface area contributed by atoms with Gasteiger partial charge in [0.1, 0.15) is 0 Å². The van der Waals surface area contributed by atoms with Crippen molar-refractivity contribution in [2.24, 2.45) is 0 Å². The molecule has 13 heavy (non-hydrogen) atoms. The Bertz CT molecular complexity index is 249. The lowest BCUT2D eigenvalue weighted by Crippen LogP contribution is -2.27. The third-order valence-electron chi connectivity index (χ3n) is 1.46. The van der Waals surface area contributed by atoms with Crippen LogP contribution in [0.3, 0.4) is 0 Å². The van der Waals surface area contributed by atoms with E-state index in [4.69, 9.17) is 11.6 Å². The van der Waals surface area contributed by atoms with Gasteiger partial charge >= 0.3 is 0 Å². The Hall–Kier alpha value is -1.10. The van der Waals surface area contributed by atoms with E-state index in [1.165, 1.54) is 0 Å². The zero-order valence-electron chi connectivity index (χ0n) is 7.11. The lowest BCUT2D eigenvalue weighted by molar-refractivity contribution is -0.120. The van der Waals surface area contributed by atoms with Crippen LogP contribution in [0.5, 0.6) is 0 Å². The Morgan fingerprint density at radius 3 is 3.08 bits per heavy atom. The Kier molecular flexibility index (Phi) is 4.25. The molecule has 0 saturated heterocycles. The first-order chi connectivity index (χ1) is 6.33. The van der Waals surface area contributed by atoms with E-state index in [9.17, 15) is 4.79 Å². The first-order valence-electron chi connectivity index (χ1n) is 3.99. The van der Waals surface area contributed by atoms with E-state index in [-0.39, 0.29) is 5.91 Å². The molecule has 0 saturated carbocycles. The average molecular weight is 203 g/mol. The highest BCUT2D eigenvalue weighted by Crippen LogP contribution is 1.84. The molecule has 1 aromatic heterocycles.